The van der Waals surface area contributed by atoms with Crippen LogP contribution < -0.4 is 9.47 Å². The second-order valence-corrected chi connectivity index (χ2v) is 3.10. The molecule has 1 aromatic rings. The molecule has 0 bridgehead atoms. The molecule has 0 aliphatic heterocycles. The molecule has 5 heteroatoms. The molecule has 0 heterocycles. The molecule has 88 valence electrons. The van der Waals surface area contributed by atoms with Gasteiger partial charge in [0.2, 0.25) is 0 Å². The summed E-state index contributed by atoms with van der Waals surface area (Å²) < 4.78 is 15.2. The lowest BCUT2D eigenvalue weighted by Gasteiger charge is -2.13. The highest BCUT2D eigenvalue weighted by Crippen LogP contribution is 2.31. The van der Waals surface area contributed by atoms with Crippen LogP contribution in [-0.2, 0) is 11.3 Å². The van der Waals surface area contributed by atoms with Crippen molar-refractivity contribution >= 4 is 5.97 Å². The Balaban J connectivity index is 3.30. The highest BCUT2D eigenvalue weighted by Gasteiger charge is 2.15. The molecule has 1 rings (SSSR count). The molecule has 0 aliphatic carbocycles. The van der Waals surface area contributed by atoms with Crippen molar-refractivity contribution in [2.75, 3.05) is 21.3 Å². The first-order valence-electron chi connectivity index (χ1n) is 4.61. The summed E-state index contributed by atoms with van der Waals surface area (Å²) in [7, 11) is 4.49. The van der Waals surface area contributed by atoms with Crippen molar-refractivity contribution in [2.24, 2.45) is 0 Å². The van der Waals surface area contributed by atoms with Gasteiger partial charge in [-0.3, -0.25) is 0 Å². The average molecular weight is 226 g/mol. The van der Waals surface area contributed by atoms with Crippen LogP contribution in [0.1, 0.15) is 15.9 Å². The number of ether oxygens (including phenoxy) is 3. The van der Waals surface area contributed by atoms with Crippen molar-refractivity contribution < 1.29 is 24.1 Å². The van der Waals surface area contributed by atoms with Crippen LogP contribution in [-0.4, -0.2) is 32.4 Å². The fraction of sp³-hybridized carbons (Fsp3) is 0.364. The summed E-state index contributed by atoms with van der Waals surface area (Å²) in [6, 6.07) is 2.89. The van der Waals surface area contributed by atoms with Crippen LogP contribution in [0, 0.1) is 0 Å². The Labute approximate surface area is 93.6 Å². The van der Waals surface area contributed by atoms with Crippen LogP contribution in [0.3, 0.4) is 0 Å². The number of benzene rings is 1. The van der Waals surface area contributed by atoms with Gasteiger partial charge in [0.05, 0.1) is 32.0 Å². The standard InChI is InChI=1S/C11H14O5/c1-14-6-8-9(15-2)4-7(11(12)13)5-10(8)16-3/h4-5H,6H2,1-3H3,(H,12,13). The van der Waals surface area contributed by atoms with Crippen molar-refractivity contribution in [2.45, 2.75) is 6.61 Å². The van der Waals surface area contributed by atoms with Crippen LogP contribution >= 0.6 is 0 Å². The summed E-state index contributed by atoms with van der Waals surface area (Å²) in [5.41, 5.74) is 0.811. The summed E-state index contributed by atoms with van der Waals surface area (Å²) in [6.45, 7) is 0.298. The SMILES string of the molecule is COCc1c(OC)cc(C(=O)O)cc1OC. The fourth-order valence-electron chi connectivity index (χ4n) is 1.39. The normalized spacial score (nSPS) is 9.94. The Hall–Kier alpha value is -1.75. The minimum Gasteiger partial charge on any atom is -0.496 e. The minimum atomic E-state index is -1.03. The third-order valence-electron chi connectivity index (χ3n) is 2.14. The molecule has 0 aromatic heterocycles. The van der Waals surface area contributed by atoms with Gasteiger partial charge in [-0.1, -0.05) is 0 Å². The van der Waals surface area contributed by atoms with E-state index < -0.39 is 5.97 Å². The maximum atomic E-state index is 10.9. The molecule has 0 saturated heterocycles. The van der Waals surface area contributed by atoms with Crippen molar-refractivity contribution in [3.63, 3.8) is 0 Å². The van der Waals surface area contributed by atoms with Gasteiger partial charge in [0.1, 0.15) is 11.5 Å². The zero-order chi connectivity index (χ0) is 12.1. The number of aromatic carboxylic acids is 1. The maximum Gasteiger partial charge on any atom is 0.335 e. The number of hydrogen-bond acceptors (Lipinski definition) is 4. The Kier molecular flexibility index (Phi) is 4.13. The van der Waals surface area contributed by atoms with Crippen LogP contribution in [0.15, 0.2) is 12.1 Å². The van der Waals surface area contributed by atoms with Crippen LogP contribution in [0.5, 0.6) is 11.5 Å². The lowest BCUT2D eigenvalue weighted by Crippen LogP contribution is -2.03. The van der Waals surface area contributed by atoms with E-state index in [2.05, 4.69) is 0 Å². The van der Waals surface area contributed by atoms with E-state index in [1.54, 1.807) is 7.11 Å². The summed E-state index contributed by atoms with van der Waals surface area (Å²) in [6.07, 6.45) is 0. The monoisotopic (exact) mass is 226 g/mol. The van der Waals surface area contributed by atoms with Gasteiger partial charge in [-0.25, -0.2) is 4.79 Å². The van der Waals surface area contributed by atoms with Gasteiger partial charge in [0.15, 0.2) is 0 Å². The Morgan fingerprint density at radius 3 is 2.00 bits per heavy atom. The van der Waals surface area contributed by atoms with Crippen molar-refractivity contribution in [3.8, 4) is 11.5 Å². The molecule has 0 saturated carbocycles. The summed E-state index contributed by atoms with van der Waals surface area (Å²) in [5.74, 6) is -0.141. The average Bonchev–Trinajstić information content (AvgIpc) is 2.29. The fourth-order valence-corrected chi connectivity index (χ4v) is 1.39. The molecule has 0 spiro atoms. The molecule has 1 N–H and O–H groups in total. The van der Waals surface area contributed by atoms with Crippen molar-refractivity contribution in [3.05, 3.63) is 23.3 Å². The molecule has 0 amide bonds. The van der Waals surface area contributed by atoms with Gasteiger partial charge >= 0.3 is 5.97 Å². The number of carboxylic acid groups (broad SMARTS) is 1. The van der Waals surface area contributed by atoms with E-state index in [-0.39, 0.29) is 5.56 Å². The second kappa shape index (κ2) is 5.37. The van der Waals surface area contributed by atoms with Gasteiger partial charge in [-0.2, -0.15) is 0 Å². The first kappa shape index (κ1) is 12.3. The van der Waals surface area contributed by atoms with E-state index in [1.807, 2.05) is 0 Å². The first-order chi connectivity index (χ1) is 7.63. The molecule has 0 radical (unpaired) electrons. The van der Waals surface area contributed by atoms with Gasteiger partial charge in [0, 0.05) is 7.11 Å². The zero-order valence-corrected chi connectivity index (χ0v) is 9.44. The van der Waals surface area contributed by atoms with E-state index in [4.69, 9.17) is 19.3 Å². The molecule has 16 heavy (non-hydrogen) atoms. The van der Waals surface area contributed by atoms with E-state index in [0.717, 1.165) is 0 Å². The Bertz CT molecular complexity index is 361. The quantitative estimate of drug-likeness (QED) is 0.825. The lowest BCUT2D eigenvalue weighted by molar-refractivity contribution is 0.0696. The largest absolute Gasteiger partial charge is 0.496 e. The molecular weight excluding hydrogens is 212 g/mol. The van der Waals surface area contributed by atoms with Crippen LogP contribution in [0.4, 0.5) is 0 Å². The zero-order valence-electron chi connectivity index (χ0n) is 9.44. The van der Waals surface area contributed by atoms with Gasteiger partial charge < -0.3 is 19.3 Å². The van der Waals surface area contributed by atoms with E-state index in [9.17, 15) is 4.79 Å². The summed E-state index contributed by atoms with van der Waals surface area (Å²) in [5, 5.41) is 8.90. The van der Waals surface area contributed by atoms with Crippen LogP contribution in [0.2, 0.25) is 0 Å². The number of methoxy groups -OCH3 is 3. The van der Waals surface area contributed by atoms with Gasteiger partial charge in [-0.15, -0.1) is 0 Å². The highest BCUT2D eigenvalue weighted by molar-refractivity contribution is 5.89. The summed E-state index contributed by atoms with van der Waals surface area (Å²) in [4.78, 5) is 10.9. The lowest BCUT2D eigenvalue weighted by atomic mass is 10.1. The predicted molar refractivity (Wildman–Crippen MR) is 57.2 cm³/mol. The first-order valence-corrected chi connectivity index (χ1v) is 4.61. The highest BCUT2D eigenvalue weighted by atomic mass is 16.5. The topological polar surface area (TPSA) is 65.0 Å². The molecule has 0 unspecified atom stereocenters. The number of carboxylic acids is 1. The minimum absolute atomic E-state index is 0.119. The Morgan fingerprint density at radius 2 is 1.69 bits per heavy atom. The van der Waals surface area contributed by atoms with E-state index in [1.165, 1.54) is 26.4 Å². The molecule has 0 aliphatic rings. The molecular formula is C11H14O5. The molecule has 0 atom stereocenters. The molecule has 5 nitrogen and oxygen atoms in total. The van der Waals surface area contributed by atoms with Gasteiger partial charge in [0.25, 0.3) is 0 Å². The van der Waals surface area contributed by atoms with Crippen molar-refractivity contribution in [1.82, 2.24) is 0 Å². The molecule has 0 fully saturated rings. The number of carbonyl (C=O) groups is 1. The van der Waals surface area contributed by atoms with Crippen molar-refractivity contribution in [1.29, 1.82) is 0 Å². The van der Waals surface area contributed by atoms with E-state index in [0.29, 0.717) is 23.7 Å². The number of hydrogen-bond donors (Lipinski definition) is 1. The maximum absolute atomic E-state index is 10.9. The number of rotatable bonds is 5. The smallest absolute Gasteiger partial charge is 0.335 e. The van der Waals surface area contributed by atoms with E-state index >= 15 is 0 Å². The summed E-state index contributed by atoms with van der Waals surface area (Å²) >= 11 is 0. The second-order valence-electron chi connectivity index (χ2n) is 3.10. The predicted octanol–water partition coefficient (Wildman–Crippen LogP) is 1.55. The Morgan fingerprint density at radius 1 is 1.19 bits per heavy atom. The van der Waals surface area contributed by atoms with Gasteiger partial charge in [-0.05, 0) is 12.1 Å². The molecule has 1 aromatic carbocycles. The van der Waals surface area contributed by atoms with Crippen LogP contribution in [0.25, 0.3) is 0 Å². The third kappa shape index (κ3) is 2.43. The third-order valence-corrected chi connectivity index (χ3v) is 2.14.